The lowest BCUT2D eigenvalue weighted by Crippen LogP contribution is -2.45. The molecule has 2 unspecified atom stereocenters. The number of alkyl halides is 1. The van der Waals surface area contributed by atoms with Crippen molar-refractivity contribution < 1.29 is 21.5 Å². The van der Waals surface area contributed by atoms with E-state index in [0.29, 0.717) is 19.3 Å². The first-order valence-electron chi connectivity index (χ1n) is 10.6. The second kappa shape index (κ2) is 15.2. The maximum Gasteiger partial charge on any atom is 0.222 e. The maximum absolute atomic E-state index is 14.4. The van der Waals surface area contributed by atoms with Gasteiger partial charge in [-0.25, -0.2) is 4.39 Å². The fourth-order valence-corrected chi connectivity index (χ4v) is 2.54. The van der Waals surface area contributed by atoms with E-state index in [-0.39, 0.29) is 21.2 Å². The lowest BCUT2D eigenvalue weighted by molar-refractivity contribution is -0.126. The predicted molar refractivity (Wildman–Crippen MR) is 114 cm³/mol. The SMILES string of the molecule is CCC(CC)NCCCOCCCOC(C)(C)C(F)CNC(=O)C(C)CC.[HH].[HH]. The third kappa shape index (κ3) is 12.4. The zero-order chi connectivity index (χ0) is 20.7. The molecule has 0 fully saturated rings. The zero-order valence-electron chi connectivity index (χ0n) is 18.4. The summed E-state index contributed by atoms with van der Waals surface area (Å²) in [6.45, 7) is 14.3. The van der Waals surface area contributed by atoms with Gasteiger partial charge in [-0.3, -0.25) is 4.79 Å². The van der Waals surface area contributed by atoms with Gasteiger partial charge in [0, 0.05) is 34.6 Å². The number of nitrogens with one attached hydrogen (secondary N) is 2. The highest BCUT2D eigenvalue weighted by Crippen LogP contribution is 2.18. The molecule has 0 saturated heterocycles. The molecule has 2 atom stereocenters. The van der Waals surface area contributed by atoms with Crippen molar-refractivity contribution in [3.8, 4) is 0 Å². The highest BCUT2D eigenvalue weighted by Gasteiger charge is 2.31. The van der Waals surface area contributed by atoms with Gasteiger partial charge < -0.3 is 20.1 Å². The molecule has 0 aliphatic carbocycles. The van der Waals surface area contributed by atoms with Crippen molar-refractivity contribution in [1.29, 1.82) is 0 Å². The van der Waals surface area contributed by atoms with Crippen molar-refractivity contribution in [3.05, 3.63) is 0 Å². The number of hydrogen-bond donors (Lipinski definition) is 2. The Balaban J connectivity index is -0.00000338. The van der Waals surface area contributed by atoms with Gasteiger partial charge in [-0.05, 0) is 52.5 Å². The van der Waals surface area contributed by atoms with Crippen molar-refractivity contribution in [2.24, 2.45) is 5.92 Å². The summed E-state index contributed by atoms with van der Waals surface area (Å²) in [4.78, 5) is 11.7. The summed E-state index contributed by atoms with van der Waals surface area (Å²) in [5.74, 6) is -0.202. The molecular weight excluding hydrogens is 347 g/mol. The van der Waals surface area contributed by atoms with E-state index >= 15 is 0 Å². The van der Waals surface area contributed by atoms with Crippen LogP contribution in [0.4, 0.5) is 4.39 Å². The summed E-state index contributed by atoms with van der Waals surface area (Å²) in [5, 5.41) is 6.17. The molecule has 0 aromatic carbocycles. The van der Waals surface area contributed by atoms with E-state index in [2.05, 4.69) is 24.5 Å². The first kappa shape index (κ1) is 26.3. The van der Waals surface area contributed by atoms with E-state index < -0.39 is 11.8 Å². The first-order valence-corrected chi connectivity index (χ1v) is 10.6. The van der Waals surface area contributed by atoms with Crippen molar-refractivity contribution in [3.63, 3.8) is 0 Å². The topological polar surface area (TPSA) is 59.6 Å². The lowest BCUT2D eigenvalue weighted by Gasteiger charge is -2.29. The largest absolute Gasteiger partial charge is 0.381 e. The van der Waals surface area contributed by atoms with Gasteiger partial charge in [0.2, 0.25) is 5.91 Å². The van der Waals surface area contributed by atoms with Gasteiger partial charge in [0.05, 0.1) is 12.1 Å². The van der Waals surface area contributed by atoms with Gasteiger partial charge in [-0.15, -0.1) is 0 Å². The Labute approximate surface area is 169 Å². The summed E-state index contributed by atoms with van der Waals surface area (Å²) in [5.41, 5.74) is -0.929. The van der Waals surface area contributed by atoms with Gasteiger partial charge in [-0.2, -0.15) is 0 Å². The van der Waals surface area contributed by atoms with Gasteiger partial charge in [0.15, 0.2) is 0 Å². The molecule has 166 valence electrons. The lowest BCUT2D eigenvalue weighted by atomic mass is 10.0. The van der Waals surface area contributed by atoms with Crippen molar-refractivity contribution in [2.45, 2.75) is 91.5 Å². The van der Waals surface area contributed by atoms with Gasteiger partial charge >= 0.3 is 0 Å². The Hall–Kier alpha value is -0.720. The van der Waals surface area contributed by atoms with Crippen LogP contribution in [0.1, 0.15) is 76.5 Å². The summed E-state index contributed by atoms with van der Waals surface area (Å²) in [7, 11) is 0. The Morgan fingerprint density at radius 3 is 2.30 bits per heavy atom. The average molecular weight is 395 g/mol. The predicted octanol–water partition coefficient (Wildman–Crippen LogP) is 4.35. The Morgan fingerprint density at radius 2 is 1.70 bits per heavy atom. The van der Waals surface area contributed by atoms with Crippen LogP contribution in [0, 0.1) is 5.92 Å². The number of amides is 1. The Morgan fingerprint density at radius 1 is 1.07 bits per heavy atom. The molecular formula is C21H47FN2O3. The van der Waals surface area contributed by atoms with E-state index in [4.69, 9.17) is 9.47 Å². The van der Waals surface area contributed by atoms with E-state index in [1.807, 2.05) is 13.8 Å². The number of ether oxygens (including phenoxy) is 2. The highest BCUT2D eigenvalue weighted by atomic mass is 19.1. The van der Waals surface area contributed by atoms with Crippen molar-refractivity contribution in [1.82, 2.24) is 10.6 Å². The highest BCUT2D eigenvalue weighted by molar-refractivity contribution is 5.78. The quantitative estimate of drug-likeness (QED) is 0.360. The van der Waals surface area contributed by atoms with Crippen LogP contribution in [0.2, 0.25) is 0 Å². The molecule has 0 aromatic rings. The molecule has 0 saturated carbocycles. The summed E-state index contributed by atoms with van der Waals surface area (Å²) in [6, 6.07) is 0.601. The molecule has 6 heteroatoms. The molecule has 0 bridgehead atoms. The van der Waals surface area contributed by atoms with Crippen LogP contribution < -0.4 is 10.6 Å². The number of hydrogen-bond acceptors (Lipinski definition) is 4. The van der Waals surface area contributed by atoms with Crippen LogP contribution in [0.3, 0.4) is 0 Å². The van der Waals surface area contributed by atoms with E-state index in [9.17, 15) is 9.18 Å². The number of carbonyl (C=O) groups excluding carboxylic acids is 1. The molecule has 0 spiro atoms. The molecule has 2 N–H and O–H groups in total. The fraction of sp³-hybridized carbons (Fsp3) is 0.952. The average Bonchev–Trinajstić information content (AvgIpc) is 2.66. The van der Waals surface area contributed by atoms with Gasteiger partial charge in [0.25, 0.3) is 0 Å². The van der Waals surface area contributed by atoms with Crippen LogP contribution >= 0.6 is 0 Å². The summed E-state index contributed by atoms with van der Waals surface area (Å²) in [6.07, 6.45) is 3.53. The molecule has 5 nitrogen and oxygen atoms in total. The monoisotopic (exact) mass is 394 g/mol. The van der Waals surface area contributed by atoms with Crippen LogP contribution in [0.25, 0.3) is 0 Å². The van der Waals surface area contributed by atoms with Gasteiger partial charge in [-0.1, -0.05) is 27.7 Å². The molecule has 1 amide bonds. The Bertz CT molecular complexity index is 387. The third-order valence-electron chi connectivity index (χ3n) is 5.06. The number of rotatable bonds is 17. The first-order chi connectivity index (χ1) is 12.8. The van der Waals surface area contributed by atoms with Gasteiger partial charge in [0.1, 0.15) is 6.17 Å². The van der Waals surface area contributed by atoms with Crippen LogP contribution in [-0.4, -0.2) is 56.6 Å². The minimum absolute atomic E-state index is 0. The molecule has 0 heterocycles. The maximum atomic E-state index is 14.4. The second-order valence-corrected chi connectivity index (χ2v) is 7.76. The smallest absolute Gasteiger partial charge is 0.222 e. The fourth-order valence-electron chi connectivity index (χ4n) is 2.54. The summed E-state index contributed by atoms with van der Waals surface area (Å²) < 4.78 is 25.7. The van der Waals surface area contributed by atoms with Crippen LogP contribution in [0.15, 0.2) is 0 Å². The van der Waals surface area contributed by atoms with E-state index in [1.54, 1.807) is 13.8 Å². The normalized spacial score (nSPS) is 14.4. The third-order valence-corrected chi connectivity index (χ3v) is 5.06. The Kier molecular flexibility index (Phi) is 14.8. The standard InChI is InChI=1S/C21H43FN2O3.2H2/c1-7-17(4)20(25)24-16-19(22)21(5,6)27-15-11-14-26-13-10-12-23-18(8-2)9-3;;/h17-19,23H,7-16H2,1-6H3,(H,24,25);2*1H. The molecule has 0 rings (SSSR count). The number of carbonyl (C=O) groups is 1. The molecule has 0 aliphatic rings. The minimum atomic E-state index is -1.25. The molecule has 0 aliphatic heterocycles. The van der Waals surface area contributed by atoms with E-state index in [0.717, 1.165) is 45.3 Å². The molecule has 0 radical (unpaired) electrons. The number of halogens is 1. The zero-order valence-corrected chi connectivity index (χ0v) is 18.4. The molecule has 0 aromatic heterocycles. The van der Waals surface area contributed by atoms with Crippen LogP contribution in [-0.2, 0) is 14.3 Å². The van der Waals surface area contributed by atoms with Crippen molar-refractivity contribution >= 4 is 5.91 Å². The minimum Gasteiger partial charge on any atom is -0.381 e. The van der Waals surface area contributed by atoms with Crippen molar-refractivity contribution in [2.75, 3.05) is 32.9 Å². The molecule has 27 heavy (non-hydrogen) atoms. The van der Waals surface area contributed by atoms with Crippen LogP contribution in [0.5, 0.6) is 0 Å². The summed E-state index contributed by atoms with van der Waals surface area (Å²) >= 11 is 0. The van der Waals surface area contributed by atoms with E-state index in [1.165, 1.54) is 0 Å². The second-order valence-electron chi connectivity index (χ2n) is 7.76.